The maximum Gasteiger partial charge on any atom is 0.242 e. The summed E-state index contributed by atoms with van der Waals surface area (Å²) in [4.78, 5) is 12.1. The zero-order valence-corrected chi connectivity index (χ0v) is 11.0. The molecule has 2 bridgehead atoms. The zero-order valence-electron chi connectivity index (χ0n) is 10.2. The summed E-state index contributed by atoms with van der Waals surface area (Å²) in [5.74, 6) is 2.50. The van der Waals surface area contributed by atoms with Gasteiger partial charge in [-0.1, -0.05) is 0 Å². The Hall–Kier alpha value is -0.940. The van der Waals surface area contributed by atoms with E-state index in [4.69, 9.17) is 0 Å². The molecule has 4 aliphatic rings. The molecule has 2 heterocycles. The highest BCUT2D eigenvalue weighted by Crippen LogP contribution is 2.69. The van der Waals surface area contributed by atoms with Crippen molar-refractivity contribution in [3.05, 3.63) is 11.4 Å². The molecule has 18 heavy (non-hydrogen) atoms. The van der Waals surface area contributed by atoms with Gasteiger partial charge in [-0.05, 0) is 67.1 Å². The minimum atomic E-state index is -0.0225. The van der Waals surface area contributed by atoms with Crippen molar-refractivity contribution < 1.29 is 4.79 Å². The monoisotopic (exact) mass is 263 g/mol. The van der Waals surface area contributed by atoms with Crippen LogP contribution in [0.3, 0.4) is 0 Å². The minimum Gasteiger partial charge on any atom is -0.308 e. The molecule has 0 aromatic carbocycles. The maximum absolute atomic E-state index is 12.1. The predicted octanol–water partition coefficient (Wildman–Crippen LogP) is 1.86. The quantitative estimate of drug-likeness (QED) is 0.875. The highest BCUT2D eigenvalue weighted by molar-refractivity contribution is 7.03. The van der Waals surface area contributed by atoms with E-state index < -0.39 is 0 Å². The van der Waals surface area contributed by atoms with E-state index in [0.29, 0.717) is 17.2 Å². The van der Waals surface area contributed by atoms with Crippen LogP contribution in [0.1, 0.15) is 25.7 Å². The topological polar surface area (TPSA) is 54.0 Å². The fourth-order valence-corrected chi connectivity index (χ4v) is 4.41. The fourth-order valence-electron chi connectivity index (χ4n) is 3.94. The summed E-state index contributed by atoms with van der Waals surface area (Å²) < 4.78 is 4.11. The van der Waals surface area contributed by atoms with Crippen LogP contribution in [0.2, 0.25) is 0 Å². The number of hydrogen-bond acceptors (Lipinski definition) is 4. The molecule has 4 fully saturated rings. The molecule has 2 atom stereocenters. The highest BCUT2D eigenvalue weighted by atomic mass is 32.1. The van der Waals surface area contributed by atoms with Crippen LogP contribution < -0.4 is 10.6 Å². The molecule has 1 unspecified atom stereocenters. The van der Waals surface area contributed by atoms with Crippen LogP contribution in [0, 0.1) is 17.3 Å². The van der Waals surface area contributed by atoms with E-state index in [9.17, 15) is 4.79 Å². The molecule has 1 amide bonds. The van der Waals surface area contributed by atoms with Gasteiger partial charge in [-0.3, -0.25) is 4.79 Å². The van der Waals surface area contributed by atoms with Gasteiger partial charge in [0.15, 0.2) is 0 Å². The molecule has 4 nitrogen and oxygen atoms in total. The number of aromatic nitrogens is 1. The van der Waals surface area contributed by atoms with Gasteiger partial charge < -0.3 is 10.6 Å². The molecule has 1 saturated heterocycles. The minimum absolute atomic E-state index is 0.0225. The van der Waals surface area contributed by atoms with Crippen LogP contribution in [-0.2, 0) is 4.79 Å². The molecule has 5 heteroatoms. The average molecular weight is 263 g/mol. The molecular weight excluding hydrogens is 246 g/mol. The Kier molecular flexibility index (Phi) is 2.29. The van der Waals surface area contributed by atoms with Crippen LogP contribution in [-0.4, -0.2) is 22.9 Å². The first-order valence-electron chi connectivity index (χ1n) is 6.70. The number of rotatable bonds is 3. The van der Waals surface area contributed by atoms with Crippen LogP contribution in [0.15, 0.2) is 11.4 Å². The van der Waals surface area contributed by atoms with Crippen LogP contribution in [0.5, 0.6) is 0 Å². The number of carbonyl (C=O) groups excluding carboxylic acids is 1. The first-order chi connectivity index (χ1) is 8.75. The second-order valence-corrected chi connectivity index (χ2v) is 6.77. The number of amides is 1. The van der Waals surface area contributed by atoms with Crippen molar-refractivity contribution >= 4 is 23.3 Å². The van der Waals surface area contributed by atoms with Gasteiger partial charge in [-0.25, -0.2) is 0 Å². The summed E-state index contributed by atoms with van der Waals surface area (Å²) in [7, 11) is 0. The molecule has 5 rings (SSSR count). The normalized spacial score (nSPS) is 41.0. The van der Waals surface area contributed by atoms with Gasteiger partial charge in [0.2, 0.25) is 5.91 Å². The van der Waals surface area contributed by atoms with E-state index in [-0.39, 0.29) is 11.9 Å². The summed E-state index contributed by atoms with van der Waals surface area (Å²) >= 11 is 1.36. The molecule has 3 saturated carbocycles. The van der Waals surface area contributed by atoms with Gasteiger partial charge in [-0.2, -0.15) is 4.37 Å². The van der Waals surface area contributed by atoms with Crippen molar-refractivity contribution in [3.63, 3.8) is 0 Å². The first kappa shape index (κ1) is 10.9. The predicted molar refractivity (Wildman–Crippen MR) is 70.4 cm³/mol. The Morgan fingerprint density at radius 3 is 2.94 bits per heavy atom. The zero-order chi connectivity index (χ0) is 12.2. The van der Waals surface area contributed by atoms with E-state index in [0.717, 1.165) is 18.9 Å². The summed E-state index contributed by atoms with van der Waals surface area (Å²) in [5.41, 5.74) is 0.618. The van der Waals surface area contributed by atoms with E-state index in [2.05, 4.69) is 15.0 Å². The van der Waals surface area contributed by atoms with Gasteiger partial charge in [-0.15, -0.1) is 0 Å². The number of carbonyl (C=O) groups is 1. The second kappa shape index (κ2) is 3.78. The third kappa shape index (κ3) is 1.53. The van der Waals surface area contributed by atoms with Crippen molar-refractivity contribution in [2.75, 3.05) is 11.9 Å². The molecule has 96 valence electrons. The first-order valence-corrected chi connectivity index (χ1v) is 7.53. The van der Waals surface area contributed by atoms with Crippen LogP contribution >= 0.6 is 11.5 Å². The lowest BCUT2D eigenvalue weighted by Gasteiger charge is -2.65. The molecule has 1 aliphatic heterocycles. The van der Waals surface area contributed by atoms with Gasteiger partial charge >= 0.3 is 0 Å². The smallest absolute Gasteiger partial charge is 0.242 e. The molecule has 2 N–H and O–H groups in total. The van der Waals surface area contributed by atoms with E-state index >= 15 is 0 Å². The Labute approximate surface area is 110 Å². The molecule has 1 aromatic rings. The molecule has 0 spiro atoms. The molecule has 1 aromatic heterocycles. The Morgan fingerprint density at radius 2 is 2.33 bits per heavy atom. The summed E-state index contributed by atoms with van der Waals surface area (Å²) in [5, 5.41) is 8.14. The van der Waals surface area contributed by atoms with Crippen molar-refractivity contribution in [1.82, 2.24) is 9.69 Å². The lowest BCUT2D eigenvalue weighted by atomic mass is 9.40. The van der Waals surface area contributed by atoms with Crippen molar-refractivity contribution in [2.45, 2.75) is 31.7 Å². The SMILES string of the molecule is O=C(Nc1ccsn1)[C@@H]1CC(C23CC(C2)C3)CN1. The average Bonchev–Trinajstić information content (AvgIpc) is 2.83. The summed E-state index contributed by atoms with van der Waals surface area (Å²) in [6.45, 7) is 1.02. The van der Waals surface area contributed by atoms with E-state index in [1.807, 2.05) is 11.4 Å². The Balaban J connectivity index is 1.37. The largest absolute Gasteiger partial charge is 0.308 e. The second-order valence-electron chi connectivity index (χ2n) is 6.11. The van der Waals surface area contributed by atoms with E-state index in [1.54, 1.807) is 0 Å². The van der Waals surface area contributed by atoms with E-state index in [1.165, 1.54) is 30.8 Å². The van der Waals surface area contributed by atoms with Crippen molar-refractivity contribution in [2.24, 2.45) is 17.3 Å². The highest BCUT2D eigenvalue weighted by Gasteiger charge is 2.61. The number of nitrogens with zero attached hydrogens (tertiary/aromatic N) is 1. The maximum atomic E-state index is 12.1. The van der Waals surface area contributed by atoms with Gasteiger partial charge in [0.25, 0.3) is 0 Å². The number of nitrogens with one attached hydrogen (secondary N) is 2. The third-order valence-electron chi connectivity index (χ3n) is 5.09. The fraction of sp³-hybridized carbons (Fsp3) is 0.692. The van der Waals surface area contributed by atoms with Crippen molar-refractivity contribution in [3.8, 4) is 0 Å². The Bertz CT molecular complexity index is 456. The molecule has 0 radical (unpaired) electrons. The van der Waals surface area contributed by atoms with Crippen LogP contribution in [0.4, 0.5) is 5.82 Å². The van der Waals surface area contributed by atoms with Gasteiger partial charge in [0, 0.05) is 5.38 Å². The van der Waals surface area contributed by atoms with Gasteiger partial charge in [0.05, 0.1) is 6.04 Å². The number of anilines is 1. The lowest BCUT2D eigenvalue weighted by Crippen LogP contribution is -2.56. The summed E-state index contributed by atoms with van der Waals surface area (Å²) in [6.07, 6.45) is 5.25. The van der Waals surface area contributed by atoms with Crippen LogP contribution in [0.25, 0.3) is 0 Å². The van der Waals surface area contributed by atoms with Crippen molar-refractivity contribution in [1.29, 1.82) is 0 Å². The van der Waals surface area contributed by atoms with Gasteiger partial charge in [0.1, 0.15) is 5.82 Å². The standard InChI is InChI=1S/C13H17N3OS/c17-12(15-11-1-2-18-16-11)10-3-9(7-14-10)13-4-8(5-13)6-13/h1-2,8-10,14H,3-7H2,(H,15,16,17)/t8?,9?,10-,13?/m0/s1. The molecule has 3 aliphatic carbocycles. The lowest BCUT2D eigenvalue weighted by molar-refractivity contribution is -0.146. The Morgan fingerprint density at radius 1 is 1.50 bits per heavy atom. The third-order valence-corrected chi connectivity index (χ3v) is 5.65. The summed E-state index contributed by atoms with van der Waals surface area (Å²) in [6, 6.07) is 1.82. The molecular formula is C13H17N3OS. The number of hydrogen-bond donors (Lipinski definition) is 2.